The first kappa shape index (κ1) is 20.0. The number of ether oxygens (including phenoxy) is 2. The first-order valence-electron chi connectivity index (χ1n) is 7.69. The maximum absolute atomic E-state index is 12.2. The van der Waals surface area contributed by atoms with Gasteiger partial charge in [-0.15, -0.1) is 0 Å². The minimum atomic E-state index is -4.39. The second-order valence-electron chi connectivity index (χ2n) is 4.73. The largest absolute Gasteiger partial charge is 0.468 e. The maximum atomic E-state index is 12.2. The molecule has 1 aromatic rings. The molecule has 0 fully saturated rings. The third-order valence-corrected chi connectivity index (χ3v) is 2.69. The Hall–Kier alpha value is -2.03. The quantitative estimate of drug-likeness (QED) is 0.406. The van der Waals surface area contributed by atoms with Crippen molar-refractivity contribution in [3.05, 3.63) is 23.9 Å². The van der Waals surface area contributed by atoms with Gasteiger partial charge in [0, 0.05) is 32.0 Å². The molecule has 0 unspecified atom stereocenters. The van der Waals surface area contributed by atoms with Gasteiger partial charge in [-0.3, -0.25) is 0 Å². The molecule has 0 saturated carbocycles. The highest BCUT2D eigenvalue weighted by Gasteiger charge is 2.28. The number of alkyl halides is 3. The molecule has 0 aliphatic heterocycles. The van der Waals surface area contributed by atoms with Gasteiger partial charge in [-0.25, -0.2) is 9.98 Å². The van der Waals surface area contributed by atoms with Crippen molar-refractivity contribution < 1.29 is 22.6 Å². The lowest BCUT2D eigenvalue weighted by Crippen LogP contribution is -2.39. The van der Waals surface area contributed by atoms with Crippen LogP contribution in [0.4, 0.5) is 13.2 Å². The molecule has 0 aromatic carbocycles. The van der Waals surface area contributed by atoms with Crippen LogP contribution in [0.15, 0.2) is 23.3 Å². The normalized spacial score (nSPS) is 12.1. The molecule has 2 N–H and O–H groups in total. The number of halogens is 3. The van der Waals surface area contributed by atoms with Gasteiger partial charge in [0.2, 0.25) is 5.88 Å². The summed E-state index contributed by atoms with van der Waals surface area (Å²) in [5, 5.41) is 6.18. The Morgan fingerprint density at radius 3 is 2.75 bits per heavy atom. The summed E-state index contributed by atoms with van der Waals surface area (Å²) < 4.78 is 46.3. The fraction of sp³-hybridized carbons (Fsp3) is 0.600. The van der Waals surface area contributed by atoms with Gasteiger partial charge in [0.25, 0.3) is 0 Å². The number of pyridine rings is 1. The smallest absolute Gasteiger partial charge is 0.422 e. The van der Waals surface area contributed by atoms with Crippen molar-refractivity contribution in [3.63, 3.8) is 0 Å². The molecule has 0 saturated heterocycles. The molecule has 0 spiro atoms. The highest BCUT2D eigenvalue weighted by Crippen LogP contribution is 2.17. The van der Waals surface area contributed by atoms with Gasteiger partial charge < -0.3 is 20.1 Å². The molecule has 0 radical (unpaired) electrons. The Morgan fingerprint density at radius 1 is 1.29 bits per heavy atom. The fourth-order valence-electron chi connectivity index (χ4n) is 1.68. The van der Waals surface area contributed by atoms with Crippen LogP contribution in [-0.4, -0.2) is 50.0 Å². The number of nitrogens with zero attached hydrogens (tertiary/aromatic N) is 2. The first-order valence-corrected chi connectivity index (χ1v) is 7.69. The van der Waals surface area contributed by atoms with Crippen molar-refractivity contribution in [3.8, 4) is 5.88 Å². The van der Waals surface area contributed by atoms with Crippen molar-refractivity contribution in [2.24, 2.45) is 4.99 Å². The Morgan fingerprint density at radius 2 is 2.08 bits per heavy atom. The van der Waals surface area contributed by atoms with Gasteiger partial charge in [0.15, 0.2) is 12.6 Å². The van der Waals surface area contributed by atoms with E-state index in [-0.39, 0.29) is 12.4 Å². The van der Waals surface area contributed by atoms with Crippen molar-refractivity contribution in [2.45, 2.75) is 26.6 Å². The van der Waals surface area contributed by atoms with Gasteiger partial charge >= 0.3 is 6.18 Å². The van der Waals surface area contributed by atoms with Crippen LogP contribution in [0.1, 0.15) is 19.4 Å². The van der Waals surface area contributed by atoms with Crippen molar-refractivity contribution in [2.75, 3.05) is 32.9 Å². The second kappa shape index (κ2) is 10.7. The summed E-state index contributed by atoms with van der Waals surface area (Å²) >= 11 is 0. The first-order chi connectivity index (χ1) is 11.4. The van der Waals surface area contributed by atoms with Crippen LogP contribution in [0.2, 0.25) is 0 Å². The van der Waals surface area contributed by atoms with Gasteiger partial charge in [0.1, 0.15) is 0 Å². The summed E-state index contributed by atoms with van der Waals surface area (Å²) in [4.78, 5) is 8.12. The molecule has 0 bridgehead atoms. The predicted octanol–water partition coefficient (Wildman–Crippen LogP) is 2.11. The van der Waals surface area contributed by atoms with Crippen LogP contribution in [0.3, 0.4) is 0 Å². The van der Waals surface area contributed by atoms with E-state index in [4.69, 9.17) is 4.74 Å². The maximum Gasteiger partial charge on any atom is 0.422 e. The van der Waals surface area contributed by atoms with Gasteiger partial charge in [0.05, 0.1) is 13.2 Å². The second-order valence-corrected chi connectivity index (χ2v) is 4.73. The van der Waals surface area contributed by atoms with E-state index in [1.54, 1.807) is 6.07 Å². The van der Waals surface area contributed by atoms with Crippen LogP contribution in [0.25, 0.3) is 0 Å². The van der Waals surface area contributed by atoms with E-state index in [1.807, 2.05) is 13.8 Å². The lowest BCUT2D eigenvalue weighted by atomic mass is 10.3. The Balaban J connectivity index is 2.58. The standard InChI is InChI=1S/C15H23F3N4O2/c1-3-19-14(21-7-8-23-4-2)22-10-12-5-6-20-13(9-12)24-11-15(16,17)18/h5-6,9H,3-4,7-8,10-11H2,1-2H3,(H2,19,21,22). The molecule has 0 amide bonds. The van der Waals surface area contributed by atoms with Gasteiger partial charge in [-0.05, 0) is 25.5 Å². The average Bonchev–Trinajstić information content (AvgIpc) is 2.54. The van der Waals surface area contributed by atoms with Gasteiger partial charge in [-0.1, -0.05) is 0 Å². The number of aliphatic imine (C=N–C) groups is 1. The molecular weight excluding hydrogens is 325 g/mol. The summed E-state index contributed by atoms with van der Waals surface area (Å²) in [5.74, 6) is 0.529. The summed E-state index contributed by atoms with van der Waals surface area (Å²) in [7, 11) is 0. The Bertz CT molecular complexity index is 510. The Kier molecular flexibility index (Phi) is 8.92. The van der Waals surface area contributed by atoms with E-state index in [9.17, 15) is 13.2 Å². The highest BCUT2D eigenvalue weighted by molar-refractivity contribution is 5.79. The third kappa shape index (κ3) is 9.19. The minimum Gasteiger partial charge on any atom is -0.468 e. The molecule has 136 valence electrons. The van der Waals surface area contributed by atoms with Crippen molar-refractivity contribution in [1.29, 1.82) is 0 Å². The minimum absolute atomic E-state index is 0.0747. The third-order valence-electron chi connectivity index (χ3n) is 2.69. The van der Waals surface area contributed by atoms with E-state index in [0.717, 1.165) is 0 Å². The molecule has 0 atom stereocenters. The topological polar surface area (TPSA) is 67.8 Å². The van der Waals surface area contributed by atoms with Crippen LogP contribution >= 0.6 is 0 Å². The number of nitrogens with one attached hydrogen (secondary N) is 2. The lowest BCUT2D eigenvalue weighted by molar-refractivity contribution is -0.154. The zero-order valence-corrected chi connectivity index (χ0v) is 13.8. The summed E-state index contributed by atoms with van der Waals surface area (Å²) in [6.45, 7) is 5.28. The summed E-state index contributed by atoms with van der Waals surface area (Å²) in [6, 6.07) is 3.12. The molecular formula is C15H23F3N4O2. The summed E-state index contributed by atoms with van der Waals surface area (Å²) in [6.07, 6.45) is -3.00. The molecule has 9 heteroatoms. The number of aromatic nitrogens is 1. The molecule has 1 heterocycles. The van der Waals surface area contributed by atoms with Crippen LogP contribution < -0.4 is 15.4 Å². The molecule has 0 aliphatic carbocycles. The van der Waals surface area contributed by atoms with Crippen LogP contribution in [0.5, 0.6) is 5.88 Å². The number of hydrogen-bond acceptors (Lipinski definition) is 4. The van der Waals surface area contributed by atoms with Crippen LogP contribution in [-0.2, 0) is 11.3 Å². The zero-order valence-electron chi connectivity index (χ0n) is 13.8. The molecule has 24 heavy (non-hydrogen) atoms. The Labute approximate surface area is 139 Å². The SMILES string of the molecule is CCNC(=NCc1ccnc(OCC(F)(F)F)c1)NCCOCC. The average molecular weight is 348 g/mol. The molecule has 0 aliphatic rings. The number of guanidine groups is 1. The van der Waals surface area contributed by atoms with E-state index >= 15 is 0 Å². The monoisotopic (exact) mass is 348 g/mol. The zero-order chi connectivity index (χ0) is 17.8. The number of hydrogen-bond donors (Lipinski definition) is 2. The number of rotatable bonds is 9. The van der Waals surface area contributed by atoms with E-state index in [2.05, 4.69) is 25.3 Å². The molecule has 1 rings (SSSR count). The van der Waals surface area contributed by atoms with Crippen LogP contribution in [0, 0.1) is 0 Å². The van der Waals surface area contributed by atoms with E-state index in [1.165, 1.54) is 12.3 Å². The fourth-order valence-corrected chi connectivity index (χ4v) is 1.68. The lowest BCUT2D eigenvalue weighted by Gasteiger charge is -2.11. The van der Waals surface area contributed by atoms with E-state index < -0.39 is 12.8 Å². The van der Waals surface area contributed by atoms with E-state index in [0.29, 0.717) is 37.8 Å². The van der Waals surface area contributed by atoms with Gasteiger partial charge in [-0.2, -0.15) is 13.2 Å². The summed E-state index contributed by atoms with van der Waals surface area (Å²) in [5.41, 5.74) is 0.698. The predicted molar refractivity (Wildman–Crippen MR) is 85.1 cm³/mol. The van der Waals surface area contributed by atoms with Crippen molar-refractivity contribution in [1.82, 2.24) is 15.6 Å². The molecule has 6 nitrogen and oxygen atoms in total. The molecule has 1 aromatic heterocycles. The highest BCUT2D eigenvalue weighted by atomic mass is 19.4. The van der Waals surface area contributed by atoms with Crippen molar-refractivity contribution >= 4 is 5.96 Å².